The van der Waals surface area contributed by atoms with Crippen LogP contribution in [0.2, 0.25) is 0 Å². The third kappa shape index (κ3) is 8.01. The molecule has 0 bridgehead atoms. The van der Waals surface area contributed by atoms with Gasteiger partial charge in [0.2, 0.25) is 0 Å². The zero-order valence-corrected chi connectivity index (χ0v) is 17.7. The number of rotatable bonds is 10. The number of aliphatic imine (C=N–C) groups is 1. The van der Waals surface area contributed by atoms with Crippen molar-refractivity contribution in [3.05, 3.63) is 52.2 Å². The molecule has 0 fully saturated rings. The molecule has 5 nitrogen and oxygen atoms in total. The maximum absolute atomic E-state index is 5.78. The van der Waals surface area contributed by atoms with E-state index in [2.05, 4.69) is 70.5 Å². The number of benzene rings is 1. The summed E-state index contributed by atoms with van der Waals surface area (Å²) in [5, 5.41) is 11.1. The van der Waals surface area contributed by atoms with Gasteiger partial charge < -0.3 is 20.3 Å². The highest BCUT2D eigenvalue weighted by Crippen LogP contribution is 2.17. The second kappa shape index (κ2) is 11.6. The predicted molar refractivity (Wildman–Crippen MR) is 116 cm³/mol. The first-order valence-electron chi connectivity index (χ1n) is 9.41. The van der Waals surface area contributed by atoms with Gasteiger partial charge in [-0.1, -0.05) is 19.1 Å². The molecular weight excluding hydrogens is 356 g/mol. The van der Waals surface area contributed by atoms with E-state index in [1.54, 1.807) is 18.4 Å². The third-order valence-electron chi connectivity index (χ3n) is 4.31. The molecule has 1 aromatic carbocycles. The molecule has 0 amide bonds. The normalized spacial score (nSPS) is 12.9. The van der Waals surface area contributed by atoms with E-state index in [1.807, 2.05) is 12.1 Å². The number of nitrogens with zero attached hydrogens (tertiary/aromatic N) is 2. The van der Waals surface area contributed by atoms with Crippen molar-refractivity contribution in [3.63, 3.8) is 0 Å². The lowest BCUT2D eigenvalue weighted by Crippen LogP contribution is -2.38. The summed E-state index contributed by atoms with van der Waals surface area (Å²) in [6.45, 7) is 5.59. The number of thiophene rings is 1. The van der Waals surface area contributed by atoms with Crippen LogP contribution in [-0.2, 0) is 6.54 Å². The van der Waals surface area contributed by atoms with E-state index >= 15 is 0 Å². The first-order valence-corrected chi connectivity index (χ1v) is 10.4. The van der Waals surface area contributed by atoms with Gasteiger partial charge in [0.15, 0.2) is 5.96 Å². The fraction of sp³-hybridized carbons (Fsp3) is 0.476. The molecule has 27 heavy (non-hydrogen) atoms. The van der Waals surface area contributed by atoms with Crippen LogP contribution in [0.5, 0.6) is 5.75 Å². The number of guanidine groups is 1. The summed E-state index contributed by atoms with van der Waals surface area (Å²) < 4.78 is 5.78. The van der Waals surface area contributed by atoms with Gasteiger partial charge in [0, 0.05) is 26.7 Å². The Hall–Kier alpha value is -2.05. The lowest BCUT2D eigenvalue weighted by molar-refractivity contribution is 0.281. The summed E-state index contributed by atoms with van der Waals surface area (Å²) in [6.07, 6.45) is 1.03. The molecule has 1 unspecified atom stereocenters. The molecule has 2 rings (SSSR count). The van der Waals surface area contributed by atoms with E-state index in [4.69, 9.17) is 4.74 Å². The minimum absolute atomic E-state index is 0.457. The smallest absolute Gasteiger partial charge is 0.191 e. The Morgan fingerprint density at radius 2 is 1.96 bits per heavy atom. The monoisotopic (exact) mass is 388 g/mol. The Morgan fingerprint density at radius 3 is 2.59 bits per heavy atom. The van der Waals surface area contributed by atoms with Gasteiger partial charge >= 0.3 is 0 Å². The molecule has 0 aliphatic heterocycles. The van der Waals surface area contributed by atoms with Crippen molar-refractivity contribution < 1.29 is 4.74 Å². The van der Waals surface area contributed by atoms with E-state index < -0.39 is 0 Å². The van der Waals surface area contributed by atoms with Crippen LogP contribution >= 0.6 is 11.3 Å². The lowest BCUT2D eigenvalue weighted by atomic mass is 10.1. The van der Waals surface area contributed by atoms with Crippen molar-refractivity contribution >= 4 is 17.3 Å². The first kappa shape index (κ1) is 21.3. The van der Waals surface area contributed by atoms with Gasteiger partial charge in [-0.25, -0.2) is 0 Å². The van der Waals surface area contributed by atoms with Gasteiger partial charge in [-0.05, 0) is 66.5 Å². The number of hydrogen-bond donors (Lipinski definition) is 2. The van der Waals surface area contributed by atoms with Crippen LogP contribution < -0.4 is 15.4 Å². The summed E-state index contributed by atoms with van der Waals surface area (Å²) in [5.41, 5.74) is 2.56. The van der Waals surface area contributed by atoms with Gasteiger partial charge in [-0.15, -0.1) is 0 Å². The number of ether oxygens (including phenoxy) is 1. The summed E-state index contributed by atoms with van der Waals surface area (Å²) in [7, 11) is 5.95. The SMILES string of the molecule is CN=C(NCc1ccc(OCCCN(C)C)cc1)NCC(C)c1ccsc1. The Labute approximate surface area is 167 Å². The molecule has 0 radical (unpaired) electrons. The first-order chi connectivity index (χ1) is 13.1. The topological polar surface area (TPSA) is 48.9 Å². The van der Waals surface area contributed by atoms with Crippen molar-refractivity contribution in [1.29, 1.82) is 0 Å². The molecule has 1 atom stereocenters. The second-order valence-electron chi connectivity index (χ2n) is 6.91. The van der Waals surface area contributed by atoms with Crippen molar-refractivity contribution in [1.82, 2.24) is 15.5 Å². The Bertz CT molecular complexity index is 668. The number of hydrogen-bond acceptors (Lipinski definition) is 4. The molecule has 0 saturated heterocycles. The van der Waals surface area contributed by atoms with Crippen molar-refractivity contribution in [2.45, 2.75) is 25.8 Å². The summed E-state index contributed by atoms with van der Waals surface area (Å²) in [4.78, 5) is 6.47. The number of nitrogens with one attached hydrogen (secondary N) is 2. The van der Waals surface area contributed by atoms with Gasteiger partial charge in [0.1, 0.15) is 5.75 Å². The zero-order valence-electron chi connectivity index (χ0n) is 16.9. The maximum Gasteiger partial charge on any atom is 0.191 e. The Morgan fingerprint density at radius 1 is 1.19 bits per heavy atom. The molecule has 1 aromatic heterocycles. The quantitative estimate of drug-likeness (QED) is 0.371. The van der Waals surface area contributed by atoms with Gasteiger partial charge in [0.05, 0.1) is 6.61 Å². The molecule has 0 spiro atoms. The molecular formula is C21H32N4OS. The predicted octanol–water partition coefficient (Wildman–Crippen LogP) is 3.55. The van der Waals surface area contributed by atoms with Crippen LogP contribution in [0.4, 0.5) is 0 Å². The third-order valence-corrected chi connectivity index (χ3v) is 5.01. The Balaban J connectivity index is 1.71. The zero-order chi connectivity index (χ0) is 19.5. The van der Waals surface area contributed by atoms with E-state index in [-0.39, 0.29) is 0 Å². The van der Waals surface area contributed by atoms with Crippen molar-refractivity contribution in [3.8, 4) is 5.75 Å². The minimum Gasteiger partial charge on any atom is -0.494 e. The van der Waals surface area contributed by atoms with Gasteiger partial charge in [-0.2, -0.15) is 11.3 Å². The molecule has 2 N–H and O–H groups in total. The molecule has 1 heterocycles. The van der Waals surface area contributed by atoms with E-state index in [0.717, 1.165) is 44.4 Å². The summed E-state index contributed by atoms with van der Waals surface area (Å²) in [6, 6.07) is 10.4. The molecule has 2 aromatic rings. The molecule has 0 aliphatic carbocycles. The van der Waals surface area contributed by atoms with Crippen LogP contribution in [0.3, 0.4) is 0 Å². The summed E-state index contributed by atoms with van der Waals surface area (Å²) >= 11 is 1.74. The van der Waals surface area contributed by atoms with Gasteiger partial charge in [-0.3, -0.25) is 4.99 Å². The molecule has 0 aliphatic rings. The highest BCUT2D eigenvalue weighted by molar-refractivity contribution is 7.07. The molecule has 6 heteroatoms. The van der Waals surface area contributed by atoms with E-state index in [0.29, 0.717) is 5.92 Å². The van der Waals surface area contributed by atoms with Crippen molar-refractivity contribution in [2.24, 2.45) is 4.99 Å². The van der Waals surface area contributed by atoms with Gasteiger partial charge in [0.25, 0.3) is 0 Å². The van der Waals surface area contributed by atoms with Crippen LogP contribution in [0.1, 0.15) is 30.4 Å². The molecule has 0 saturated carbocycles. The second-order valence-corrected chi connectivity index (χ2v) is 7.69. The highest BCUT2D eigenvalue weighted by atomic mass is 32.1. The van der Waals surface area contributed by atoms with Crippen LogP contribution in [0.15, 0.2) is 46.1 Å². The van der Waals surface area contributed by atoms with Crippen molar-refractivity contribution in [2.75, 3.05) is 40.8 Å². The van der Waals surface area contributed by atoms with Crippen LogP contribution in [-0.4, -0.2) is 51.7 Å². The average molecular weight is 389 g/mol. The largest absolute Gasteiger partial charge is 0.494 e. The van der Waals surface area contributed by atoms with Crippen LogP contribution in [0.25, 0.3) is 0 Å². The highest BCUT2D eigenvalue weighted by Gasteiger charge is 2.07. The average Bonchev–Trinajstić information content (AvgIpc) is 3.21. The fourth-order valence-corrected chi connectivity index (χ4v) is 3.39. The van der Waals surface area contributed by atoms with Crippen LogP contribution in [0, 0.1) is 0 Å². The minimum atomic E-state index is 0.457. The Kier molecular flexibility index (Phi) is 9.15. The summed E-state index contributed by atoms with van der Waals surface area (Å²) in [5.74, 6) is 2.20. The van der Waals surface area contributed by atoms with E-state index in [9.17, 15) is 0 Å². The molecule has 148 valence electrons. The lowest BCUT2D eigenvalue weighted by Gasteiger charge is -2.15. The fourth-order valence-electron chi connectivity index (χ4n) is 2.60. The maximum atomic E-state index is 5.78. The standard InChI is InChI=1S/C21H32N4OS/c1-17(19-10-13-27-16-19)14-23-21(22-2)24-15-18-6-8-20(9-7-18)26-12-5-11-25(3)4/h6-10,13,16-17H,5,11-12,14-15H2,1-4H3,(H2,22,23,24). The van der Waals surface area contributed by atoms with E-state index in [1.165, 1.54) is 11.1 Å².